The van der Waals surface area contributed by atoms with Gasteiger partial charge in [0.1, 0.15) is 5.82 Å². The zero-order valence-corrected chi connectivity index (χ0v) is 15.4. The van der Waals surface area contributed by atoms with Crippen molar-refractivity contribution in [3.8, 4) is 0 Å². The Labute approximate surface area is 156 Å². The van der Waals surface area contributed by atoms with E-state index in [1.54, 1.807) is 12.1 Å². The molecule has 1 atom stereocenters. The number of sulfonamides is 1. The number of hydrogen-bond donors (Lipinski definition) is 1. The molecule has 0 unspecified atom stereocenters. The third kappa shape index (κ3) is 4.06. The highest BCUT2D eigenvalue weighted by Crippen LogP contribution is 2.24. The van der Waals surface area contributed by atoms with Crippen LogP contribution in [0.25, 0.3) is 0 Å². The highest BCUT2D eigenvalue weighted by Gasteiger charge is 2.24. The summed E-state index contributed by atoms with van der Waals surface area (Å²) in [4.78, 5) is 24.3. The summed E-state index contributed by atoms with van der Waals surface area (Å²) < 4.78 is 41.7. The molecule has 2 aromatic rings. The summed E-state index contributed by atoms with van der Waals surface area (Å²) >= 11 is 0. The molecule has 0 amide bonds. The van der Waals surface area contributed by atoms with Crippen LogP contribution in [-0.4, -0.2) is 26.3 Å². The number of carbonyl (C=O) groups is 2. The fourth-order valence-corrected chi connectivity index (χ4v) is 3.61. The van der Waals surface area contributed by atoms with Gasteiger partial charge in [0.15, 0.2) is 6.10 Å². The molecule has 8 heteroatoms. The van der Waals surface area contributed by atoms with Crippen LogP contribution < -0.4 is 5.14 Å². The van der Waals surface area contributed by atoms with Crippen LogP contribution in [0.2, 0.25) is 0 Å². The first-order valence-corrected chi connectivity index (χ1v) is 9.91. The summed E-state index contributed by atoms with van der Waals surface area (Å²) in [5.41, 5.74) is 2.12. The number of hydrogen-bond acceptors (Lipinski definition) is 5. The van der Waals surface area contributed by atoms with Crippen LogP contribution in [0.4, 0.5) is 4.39 Å². The first kappa shape index (κ1) is 19.2. The number of carbonyl (C=O) groups excluding carboxylic acids is 2. The van der Waals surface area contributed by atoms with Crippen molar-refractivity contribution in [3.63, 3.8) is 0 Å². The fraction of sp³-hybridized carbons (Fsp3) is 0.263. The molecular formula is C19H18FNO5S. The average molecular weight is 391 g/mol. The van der Waals surface area contributed by atoms with Gasteiger partial charge in [-0.15, -0.1) is 0 Å². The number of Topliss-reactive ketones (excluding diaryl/α,β-unsaturated/α-hetero) is 1. The molecule has 0 bridgehead atoms. The molecular weight excluding hydrogens is 373 g/mol. The van der Waals surface area contributed by atoms with Crippen molar-refractivity contribution in [3.05, 3.63) is 64.5 Å². The number of rotatable bonds is 5. The van der Waals surface area contributed by atoms with Crippen molar-refractivity contribution >= 4 is 21.8 Å². The van der Waals surface area contributed by atoms with Crippen LogP contribution in [0, 0.1) is 5.82 Å². The lowest BCUT2D eigenvalue weighted by molar-refractivity contribution is 0.0314. The number of aryl methyl sites for hydroxylation is 2. The van der Waals surface area contributed by atoms with Gasteiger partial charge in [-0.2, -0.15) is 0 Å². The van der Waals surface area contributed by atoms with Crippen molar-refractivity contribution in [1.29, 1.82) is 0 Å². The van der Waals surface area contributed by atoms with Crippen molar-refractivity contribution in [2.75, 3.05) is 0 Å². The molecule has 1 aliphatic carbocycles. The molecule has 0 spiro atoms. The molecule has 0 radical (unpaired) electrons. The molecule has 0 heterocycles. The van der Waals surface area contributed by atoms with E-state index in [1.165, 1.54) is 12.5 Å². The quantitative estimate of drug-likeness (QED) is 0.623. The van der Waals surface area contributed by atoms with E-state index < -0.39 is 44.2 Å². The maximum atomic E-state index is 13.9. The molecule has 0 fully saturated rings. The molecule has 3 rings (SSSR count). The fourth-order valence-electron chi connectivity index (χ4n) is 3.08. The van der Waals surface area contributed by atoms with Crippen molar-refractivity contribution in [2.45, 2.75) is 37.2 Å². The Morgan fingerprint density at radius 2 is 1.81 bits per heavy atom. The van der Waals surface area contributed by atoms with E-state index in [-0.39, 0.29) is 0 Å². The van der Waals surface area contributed by atoms with E-state index in [0.29, 0.717) is 5.56 Å². The number of fused-ring (bicyclic) bond motifs is 1. The van der Waals surface area contributed by atoms with Crippen LogP contribution in [0.5, 0.6) is 0 Å². The van der Waals surface area contributed by atoms with Gasteiger partial charge in [0.2, 0.25) is 15.8 Å². The first-order chi connectivity index (χ1) is 12.7. The number of primary sulfonamides is 1. The van der Waals surface area contributed by atoms with Gasteiger partial charge in [0.05, 0.1) is 10.5 Å². The zero-order valence-electron chi connectivity index (χ0n) is 14.6. The van der Waals surface area contributed by atoms with Gasteiger partial charge in [-0.05, 0) is 61.6 Å². The van der Waals surface area contributed by atoms with E-state index in [0.717, 1.165) is 43.0 Å². The Hall–Kier alpha value is -2.58. The minimum absolute atomic E-state index is 0.412. The van der Waals surface area contributed by atoms with Gasteiger partial charge in [-0.3, -0.25) is 4.79 Å². The number of benzene rings is 2. The van der Waals surface area contributed by atoms with Crippen molar-refractivity contribution < 1.29 is 27.1 Å². The molecule has 6 nitrogen and oxygen atoms in total. The van der Waals surface area contributed by atoms with Crippen LogP contribution in [-0.2, 0) is 27.6 Å². The highest BCUT2D eigenvalue weighted by molar-refractivity contribution is 7.89. The second-order valence-corrected chi connectivity index (χ2v) is 8.00. The number of halogens is 1. The predicted octanol–water partition coefficient (Wildman–Crippen LogP) is 2.39. The smallest absolute Gasteiger partial charge is 0.341 e. The van der Waals surface area contributed by atoms with Gasteiger partial charge in [0.25, 0.3) is 0 Å². The lowest BCUT2D eigenvalue weighted by Crippen LogP contribution is -2.25. The summed E-state index contributed by atoms with van der Waals surface area (Å²) in [6.45, 7) is 1.38. The van der Waals surface area contributed by atoms with Gasteiger partial charge >= 0.3 is 5.97 Å². The minimum Gasteiger partial charge on any atom is -0.451 e. The second-order valence-electron chi connectivity index (χ2n) is 6.44. The van der Waals surface area contributed by atoms with E-state index in [2.05, 4.69) is 0 Å². The largest absolute Gasteiger partial charge is 0.451 e. The van der Waals surface area contributed by atoms with Gasteiger partial charge in [0, 0.05) is 5.56 Å². The summed E-state index contributed by atoms with van der Waals surface area (Å²) in [5, 5.41) is 4.99. The summed E-state index contributed by atoms with van der Waals surface area (Å²) in [5.74, 6) is -2.52. The molecule has 0 aromatic heterocycles. The molecule has 0 saturated carbocycles. The maximum absolute atomic E-state index is 13.9. The Balaban J connectivity index is 1.78. The van der Waals surface area contributed by atoms with Gasteiger partial charge < -0.3 is 4.74 Å². The van der Waals surface area contributed by atoms with E-state index in [4.69, 9.17) is 9.88 Å². The topological polar surface area (TPSA) is 104 Å². The molecule has 1 aliphatic rings. The van der Waals surface area contributed by atoms with Gasteiger partial charge in [-0.1, -0.05) is 12.1 Å². The Kier molecular flexibility index (Phi) is 5.12. The predicted molar refractivity (Wildman–Crippen MR) is 95.4 cm³/mol. The van der Waals surface area contributed by atoms with Crippen molar-refractivity contribution in [2.24, 2.45) is 5.14 Å². The lowest BCUT2D eigenvalue weighted by Gasteiger charge is -2.14. The monoisotopic (exact) mass is 391 g/mol. The minimum atomic E-state index is -4.11. The number of nitrogens with two attached hydrogens (primary N) is 1. The summed E-state index contributed by atoms with van der Waals surface area (Å²) in [7, 11) is -4.11. The lowest BCUT2D eigenvalue weighted by atomic mass is 10.0. The second kappa shape index (κ2) is 7.21. The SMILES string of the molecule is C[C@H](OC(=O)c1cc(S(N)(=O)=O)ccc1F)C(=O)c1ccc2c(c1)CCC2. The van der Waals surface area contributed by atoms with Crippen LogP contribution in [0.1, 0.15) is 45.2 Å². The summed E-state index contributed by atoms with van der Waals surface area (Å²) in [6, 6.07) is 7.90. The van der Waals surface area contributed by atoms with Crippen LogP contribution >= 0.6 is 0 Å². The third-order valence-corrected chi connectivity index (χ3v) is 5.43. The van der Waals surface area contributed by atoms with Gasteiger partial charge in [-0.25, -0.2) is 22.7 Å². The maximum Gasteiger partial charge on any atom is 0.341 e. The third-order valence-electron chi connectivity index (χ3n) is 4.52. The van der Waals surface area contributed by atoms with Crippen LogP contribution in [0.3, 0.4) is 0 Å². The first-order valence-electron chi connectivity index (χ1n) is 8.36. The van der Waals surface area contributed by atoms with Crippen LogP contribution in [0.15, 0.2) is 41.3 Å². The molecule has 2 aromatic carbocycles. The normalized spacial score (nSPS) is 14.5. The number of esters is 1. The van der Waals surface area contributed by atoms with E-state index in [1.807, 2.05) is 6.07 Å². The Morgan fingerprint density at radius 3 is 2.52 bits per heavy atom. The highest BCUT2D eigenvalue weighted by atomic mass is 32.2. The summed E-state index contributed by atoms with van der Waals surface area (Å²) in [6.07, 6.45) is 1.76. The molecule has 0 saturated heterocycles. The standard InChI is InChI=1S/C19H18FNO5S/c1-11(18(22)14-6-5-12-3-2-4-13(12)9-14)26-19(23)16-10-15(27(21,24)25)7-8-17(16)20/h5-11H,2-4H2,1H3,(H2,21,24,25)/t11-/m0/s1. The number of ketones is 1. The molecule has 142 valence electrons. The Morgan fingerprint density at radius 1 is 1.11 bits per heavy atom. The molecule has 2 N–H and O–H groups in total. The molecule has 0 aliphatic heterocycles. The van der Waals surface area contributed by atoms with Crippen molar-refractivity contribution in [1.82, 2.24) is 0 Å². The zero-order chi connectivity index (χ0) is 19.8. The number of ether oxygens (including phenoxy) is 1. The Bertz CT molecular complexity index is 1030. The van der Waals surface area contributed by atoms with E-state index in [9.17, 15) is 22.4 Å². The average Bonchev–Trinajstić information content (AvgIpc) is 3.07. The molecule has 27 heavy (non-hydrogen) atoms. The van der Waals surface area contributed by atoms with E-state index >= 15 is 0 Å².